The van der Waals surface area contributed by atoms with Crippen LogP contribution < -0.4 is 5.32 Å². The Bertz CT molecular complexity index is 392. The van der Waals surface area contributed by atoms with E-state index in [4.69, 9.17) is 0 Å². The van der Waals surface area contributed by atoms with E-state index < -0.39 is 17.5 Å². The van der Waals surface area contributed by atoms with Crippen LogP contribution in [0, 0.1) is 29.3 Å². The van der Waals surface area contributed by atoms with E-state index in [-0.39, 0.29) is 12.1 Å². The van der Waals surface area contributed by atoms with Crippen molar-refractivity contribution in [2.45, 2.75) is 19.9 Å². The van der Waals surface area contributed by atoms with Gasteiger partial charge in [0.05, 0.1) is 0 Å². The zero-order chi connectivity index (χ0) is 11.7. The lowest BCUT2D eigenvalue weighted by Gasteiger charge is -2.06. The summed E-state index contributed by atoms with van der Waals surface area (Å²) in [7, 11) is 0. The molecule has 1 N–H and O–H groups in total. The Morgan fingerprint density at radius 2 is 1.81 bits per heavy atom. The number of nitrogens with one attached hydrogen (secondary N) is 1. The van der Waals surface area contributed by atoms with E-state index in [0.717, 1.165) is 18.5 Å². The van der Waals surface area contributed by atoms with Crippen molar-refractivity contribution in [2.24, 2.45) is 11.8 Å². The molecule has 1 aromatic carbocycles. The first-order chi connectivity index (χ1) is 7.58. The summed E-state index contributed by atoms with van der Waals surface area (Å²) in [5, 5.41) is 3.05. The third-order valence-electron chi connectivity index (χ3n) is 3.09. The number of rotatable bonds is 4. The Balaban J connectivity index is 1.90. The fraction of sp³-hybridized carbons (Fsp3) is 0.500. The maximum Gasteiger partial charge on any atom is 0.161 e. The minimum absolute atomic E-state index is 0.173. The smallest absolute Gasteiger partial charge is 0.161 e. The van der Waals surface area contributed by atoms with Gasteiger partial charge in [-0.05, 0) is 30.9 Å². The van der Waals surface area contributed by atoms with E-state index in [1.807, 2.05) is 0 Å². The van der Waals surface area contributed by atoms with Crippen LogP contribution >= 0.6 is 0 Å². The van der Waals surface area contributed by atoms with E-state index in [9.17, 15) is 13.2 Å². The van der Waals surface area contributed by atoms with Gasteiger partial charge in [-0.15, -0.1) is 0 Å². The maximum absolute atomic E-state index is 13.2. The average Bonchev–Trinajstić information content (AvgIpc) is 2.91. The molecule has 2 rings (SSSR count). The number of hydrogen-bond donors (Lipinski definition) is 1. The second-order valence-electron chi connectivity index (χ2n) is 4.46. The van der Waals surface area contributed by atoms with Crippen molar-refractivity contribution in [3.8, 4) is 0 Å². The van der Waals surface area contributed by atoms with E-state index in [0.29, 0.717) is 12.0 Å². The predicted molar refractivity (Wildman–Crippen MR) is 55.3 cm³/mol. The molecule has 16 heavy (non-hydrogen) atoms. The van der Waals surface area contributed by atoms with E-state index in [1.165, 1.54) is 6.42 Å². The van der Waals surface area contributed by atoms with Crippen LogP contribution in [-0.4, -0.2) is 6.54 Å². The molecule has 1 fully saturated rings. The lowest BCUT2D eigenvalue weighted by molar-refractivity contribution is 0.485. The molecular weight excluding hydrogens is 215 g/mol. The molecule has 0 aromatic heterocycles. The lowest BCUT2D eigenvalue weighted by Crippen LogP contribution is -2.18. The van der Waals surface area contributed by atoms with Crippen LogP contribution in [0.2, 0.25) is 0 Å². The van der Waals surface area contributed by atoms with Gasteiger partial charge in [-0.2, -0.15) is 0 Å². The van der Waals surface area contributed by atoms with Gasteiger partial charge in [0.2, 0.25) is 0 Å². The van der Waals surface area contributed by atoms with Gasteiger partial charge < -0.3 is 5.32 Å². The molecule has 2 unspecified atom stereocenters. The van der Waals surface area contributed by atoms with Crippen LogP contribution in [0.25, 0.3) is 0 Å². The van der Waals surface area contributed by atoms with Gasteiger partial charge >= 0.3 is 0 Å². The molecule has 1 aromatic rings. The molecule has 1 aliphatic rings. The summed E-state index contributed by atoms with van der Waals surface area (Å²) < 4.78 is 38.7. The topological polar surface area (TPSA) is 12.0 Å². The summed E-state index contributed by atoms with van der Waals surface area (Å²) in [6.07, 6.45) is 1.19. The van der Waals surface area contributed by atoms with Gasteiger partial charge in [0, 0.05) is 18.2 Å². The molecule has 0 radical (unpaired) electrons. The van der Waals surface area contributed by atoms with Crippen LogP contribution in [-0.2, 0) is 6.54 Å². The second-order valence-corrected chi connectivity index (χ2v) is 4.46. The summed E-state index contributed by atoms with van der Waals surface area (Å²) in [5.74, 6) is -1.47. The quantitative estimate of drug-likeness (QED) is 0.783. The highest BCUT2D eigenvalue weighted by molar-refractivity contribution is 5.19. The predicted octanol–water partition coefficient (Wildman–Crippen LogP) is 2.85. The minimum atomic E-state index is -1.14. The standard InChI is InChI=1S/C12H14F3N/c1-7-2-8(7)5-16-6-9-3-11(14)12(15)4-10(9)13/h3-4,7-8,16H,2,5-6H2,1H3. The Morgan fingerprint density at radius 1 is 1.19 bits per heavy atom. The first-order valence-corrected chi connectivity index (χ1v) is 5.42. The molecule has 0 saturated heterocycles. The van der Waals surface area contributed by atoms with Crippen molar-refractivity contribution in [2.75, 3.05) is 6.54 Å². The van der Waals surface area contributed by atoms with Crippen molar-refractivity contribution >= 4 is 0 Å². The SMILES string of the molecule is CC1CC1CNCc1cc(F)c(F)cc1F. The normalized spacial score (nSPS) is 23.5. The van der Waals surface area contributed by atoms with Crippen LogP contribution in [0.15, 0.2) is 12.1 Å². The molecule has 0 amide bonds. The van der Waals surface area contributed by atoms with Gasteiger partial charge in [-0.1, -0.05) is 6.92 Å². The maximum atomic E-state index is 13.2. The monoisotopic (exact) mass is 229 g/mol. The van der Waals surface area contributed by atoms with Gasteiger partial charge in [0.1, 0.15) is 5.82 Å². The molecule has 4 heteroatoms. The minimum Gasteiger partial charge on any atom is -0.312 e. The van der Waals surface area contributed by atoms with Crippen LogP contribution in [0.1, 0.15) is 18.9 Å². The van der Waals surface area contributed by atoms with E-state index >= 15 is 0 Å². The summed E-state index contributed by atoms with van der Waals surface area (Å²) in [5.41, 5.74) is 0.173. The van der Waals surface area contributed by atoms with Gasteiger partial charge in [-0.25, -0.2) is 13.2 Å². The molecule has 2 atom stereocenters. The van der Waals surface area contributed by atoms with E-state index in [2.05, 4.69) is 12.2 Å². The highest BCUT2D eigenvalue weighted by Gasteiger charge is 2.31. The number of benzene rings is 1. The zero-order valence-electron chi connectivity index (χ0n) is 9.06. The average molecular weight is 229 g/mol. The Hall–Kier alpha value is -1.03. The van der Waals surface area contributed by atoms with Gasteiger partial charge in [0.15, 0.2) is 11.6 Å². The Labute approximate surface area is 92.7 Å². The molecule has 1 saturated carbocycles. The van der Waals surface area contributed by atoms with Crippen LogP contribution in [0.5, 0.6) is 0 Å². The van der Waals surface area contributed by atoms with Crippen molar-refractivity contribution in [1.82, 2.24) is 5.32 Å². The fourth-order valence-electron chi connectivity index (χ4n) is 1.77. The van der Waals surface area contributed by atoms with Crippen molar-refractivity contribution < 1.29 is 13.2 Å². The van der Waals surface area contributed by atoms with Crippen LogP contribution in [0.3, 0.4) is 0 Å². The second kappa shape index (κ2) is 4.45. The van der Waals surface area contributed by atoms with Crippen molar-refractivity contribution in [3.05, 3.63) is 35.1 Å². The van der Waals surface area contributed by atoms with Crippen LogP contribution in [0.4, 0.5) is 13.2 Å². The largest absolute Gasteiger partial charge is 0.312 e. The third kappa shape index (κ3) is 2.55. The summed E-state index contributed by atoms with van der Waals surface area (Å²) in [4.78, 5) is 0. The van der Waals surface area contributed by atoms with Crippen molar-refractivity contribution in [1.29, 1.82) is 0 Å². The zero-order valence-corrected chi connectivity index (χ0v) is 9.06. The first kappa shape index (κ1) is 11.5. The molecule has 0 bridgehead atoms. The molecule has 1 aliphatic carbocycles. The summed E-state index contributed by atoms with van der Waals surface area (Å²) >= 11 is 0. The van der Waals surface area contributed by atoms with Crippen molar-refractivity contribution in [3.63, 3.8) is 0 Å². The Morgan fingerprint density at radius 3 is 2.44 bits per heavy atom. The third-order valence-corrected chi connectivity index (χ3v) is 3.09. The lowest BCUT2D eigenvalue weighted by atomic mass is 10.2. The molecule has 0 aliphatic heterocycles. The van der Waals surface area contributed by atoms with E-state index in [1.54, 1.807) is 0 Å². The molecular formula is C12H14F3N. The molecule has 88 valence electrons. The summed E-state index contributed by atoms with van der Waals surface area (Å²) in [6.45, 7) is 3.20. The first-order valence-electron chi connectivity index (χ1n) is 5.42. The highest BCUT2D eigenvalue weighted by atomic mass is 19.2. The number of hydrogen-bond acceptors (Lipinski definition) is 1. The highest BCUT2D eigenvalue weighted by Crippen LogP contribution is 2.36. The van der Waals surface area contributed by atoms with Gasteiger partial charge in [0.25, 0.3) is 0 Å². The number of halogens is 3. The van der Waals surface area contributed by atoms with Gasteiger partial charge in [-0.3, -0.25) is 0 Å². The fourth-order valence-corrected chi connectivity index (χ4v) is 1.77. The molecule has 1 nitrogen and oxygen atoms in total. The molecule has 0 heterocycles. The summed E-state index contributed by atoms with van der Waals surface area (Å²) in [6, 6.07) is 1.50. The Kier molecular flexibility index (Phi) is 3.19. The molecule has 0 spiro atoms.